The number of nitrogens with zero attached hydrogens (tertiary/aromatic N) is 3. The fraction of sp³-hybridized carbons (Fsp3) is 0.136. The van der Waals surface area contributed by atoms with E-state index in [1.54, 1.807) is 17.5 Å². The lowest BCUT2D eigenvalue weighted by atomic mass is 10.1. The van der Waals surface area contributed by atoms with Crippen molar-refractivity contribution in [3.63, 3.8) is 0 Å². The van der Waals surface area contributed by atoms with E-state index in [4.69, 9.17) is 11.6 Å². The number of nitro groups is 1. The maximum Gasteiger partial charge on any atom is 0.288 e. The number of amides is 3. The van der Waals surface area contributed by atoms with Crippen LogP contribution in [0.15, 0.2) is 60.0 Å². The summed E-state index contributed by atoms with van der Waals surface area (Å²) in [6.07, 6.45) is -0.275. The van der Waals surface area contributed by atoms with Crippen LogP contribution in [0, 0.1) is 15.9 Å². The van der Waals surface area contributed by atoms with Crippen LogP contribution in [0.25, 0.3) is 0 Å². The molecule has 1 fully saturated rings. The van der Waals surface area contributed by atoms with Gasteiger partial charge in [-0.1, -0.05) is 17.7 Å². The highest BCUT2D eigenvalue weighted by atomic mass is 35.5. The van der Waals surface area contributed by atoms with Crippen molar-refractivity contribution >= 4 is 52.0 Å². The highest BCUT2D eigenvalue weighted by molar-refractivity contribution is 7.09. The van der Waals surface area contributed by atoms with Crippen molar-refractivity contribution in [2.45, 2.75) is 19.0 Å². The van der Waals surface area contributed by atoms with Gasteiger partial charge in [0.05, 0.1) is 23.6 Å². The van der Waals surface area contributed by atoms with Crippen molar-refractivity contribution < 1.29 is 23.7 Å². The van der Waals surface area contributed by atoms with Gasteiger partial charge in [-0.3, -0.25) is 24.5 Å². The number of benzene rings is 2. The molecule has 168 valence electrons. The Labute approximate surface area is 195 Å². The molecule has 1 unspecified atom stereocenters. The van der Waals surface area contributed by atoms with Gasteiger partial charge in [0.1, 0.15) is 16.9 Å². The zero-order valence-electron chi connectivity index (χ0n) is 16.8. The molecule has 2 heterocycles. The number of hydrogen-bond acceptors (Lipinski definition) is 6. The monoisotopic (exact) mass is 487 g/mol. The number of hydrogen-bond donors (Lipinski definition) is 0. The number of carbonyl (C=O) groups is 3. The minimum absolute atomic E-state index is 0.0217. The first kappa shape index (κ1) is 22.6. The van der Waals surface area contributed by atoms with Crippen LogP contribution in [0.5, 0.6) is 0 Å². The third kappa shape index (κ3) is 4.48. The molecule has 1 aliphatic rings. The minimum Gasteiger partial charge on any atom is -0.321 e. The Hall–Kier alpha value is -3.63. The largest absolute Gasteiger partial charge is 0.321 e. The van der Waals surface area contributed by atoms with Gasteiger partial charge in [-0.15, -0.1) is 11.3 Å². The van der Waals surface area contributed by atoms with E-state index in [1.165, 1.54) is 40.5 Å². The molecule has 33 heavy (non-hydrogen) atoms. The minimum atomic E-state index is -1.13. The average molecular weight is 488 g/mol. The molecule has 1 aromatic heterocycles. The Morgan fingerprint density at radius 1 is 1.21 bits per heavy atom. The first-order valence-corrected chi connectivity index (χ1v) is 10.9. The van der Waals surface area contributed by atoms with E-state index in [0.29, 0.717) is 0 Å². The predicted octanol–water partition coefficient (Wildman–Crippen LogP) is 4.42. The van der Waals surface area contributed by atoms with Gasteiger partial charge in [0.25, 0.3) is 17.5 Å². The topological polar surface area (TPSA) is 101 Å². The quantitative estimate of drug-likeness (QED) is 0.291. The molecule has 11 heteroatoms. The van der Waals surface area contributed by atoms with Crippen LogP contribution in [0.1, 0.15) is 21.7 Å². The molecular formula is C22H15ClFN3O5S. The third-order valence-corrected chi connectivity index (χ3v) is 6.32. The summed E-state index contributed by atoms with van der Waals surface area (Å²) in [6.45, 7) is 0.0217. The van der Waals surface area contributed by atoms with Gasteiger partial charge in [-0.2, -0.15) is 0 Å². The lowest BCUT2D eigenvalue weighted by Gasteiger charge is -2.27. The van der Waals surface area contributed by atoms with E-state index in [1.807, 2.05) is 0 Å². The molecular weight excluding hydrogens is 473 g/mol. The van der Waals surface area contributed by atoms with Crippen LogP contribution in [-0.4, -0.2) is 33.6 Å². The summed E-state index contributed by atoms with van der Waals surface area (Å²) in [6, 6.07) is 10.9. The highest BCUT2D eigenvalue weighted by Crippen LogP contribution is 2.30. The molecule has 0 bridgehead atoms. The molecule has 4 rings (SSSR count). The maximum atomic E-state index is 13.4. The molecule has 0 N–H and O–H groups in total. The summed E-state index contributed by atoms with van der Waals surface area (Å²) in [5.74, 6) is -2.36. The molecule has 0 spiro atoms. The Morgan fingerprint density at radius 3 is 2.58 bits per heavy atom. The van der Waals surface area contributed by atoms with Crippen LogP contribution in [0.3, 0.4) is 0 Å². The average Bonchev–Trinajstić information content (AvgIpc) is 3.40. The molecule has 1 saturated heterocycles. The van der Waals surface area contributed by atoms with Gasteiger partial charge in [-0.05, 0) is 47.8 Å². The molecule has 0 radical (unpaired) electrons. The van der Waals surface area contributed by atoms with E-state index in [0.717, 1.165) is 28.0 Å². The SMILES string of the molecule is O=C1CC(N(Cc2cccs2)C(=O)c2ccc(Cl)c([N+](=O)[O-])c2)C(=O)N1c1ccc(F)cc1. The smallest absolute Gasteiger partial charge is 0.288 e. The standard InChI is InChI=1S/C22H15ClFN3O5S/c23-17-8-3-13(10-18(17)27(31)32)21(29)25(12-16-2-1-9-33-16)19-11-20(28)26(22(19)30)15-6-4-14(24)5-7-15/h1-10,19H,11-12H2. The van der Waals surface area contributed by atoms with Crippen LogP contribution in [0.4, 0.5) is 15.8 Å². The fourth-order valence-corrected chi connectivity index (χ4v) is 4.46. The van der Waals surface area contributed by atoms with Crippen LogP contribution in [0.2, 0.25) is 5.02 Å². The molecule has 3 amide bonds. The lowest BCUT2D eigenvalue weighted by Crippen LogP contribution is -2.45. The molecule has 1 atom stereocenters. The molecule has 2 aromatic carbocycles. The second-order valence-electron chi connectivity index (χ2n) is 7.20. The summed E-state index contributed by atoms with van der Waals surface area (Å²) in [4.78, 5) is 52.8. The Balaban J connectivity index is 1.70. The van der Waals surface area contributed by atoms with Crippen molar-refractivity contribution in [3.05, 3.63) is 91.4 Å². The van der Waals surface area contributed by atoms with Crippen molar-refractivity contribution in [1.82, 2.24) is 4.90 Å². The van der Waals surface area contributed by atoms with Gasteiger partial charge < -0.3 is 4.90 Å². The van der Waals surface area contributed by atoms with Crippen molar-refractivity contribution in [1.29, 1.82) is 0 Å². The number of halogens is 2. The van der Waals surface area contributed by atoms with E-state index in [-0.39, 0.29) is 29.2 Å². The third-order valence-electron chi connectivity index (χ3n) is 5.14. The zero-order chi connectivity index (χ0) is 23.7. The van der Waals surface area contributed by atoms with Crippen molar-refractivity contribution in [3.8, 4) is 0 Å². The van der Waals surface area contributed by atoms with Gasteiger partial charge >= 0.3 is 0 Å². The van der Waals surface area contributed by atoms with Crippen molar-refractivity contribution in [2.24, 2.45) is 0 Å². The lowest BCUT2D eigenvalue weighted by molar-refractivity contribution is -0.384. The number of thiophene rings is 1. The summed E-state index contributed by atoms with van der Waals surface area (Å²) in [5.41, 5.74) is -0.289. The number of anilines is 1. The van der Waals surface area contributed by atoms with Crippen LogP contribution >= 0.6 is 22.9 Å². The van der Waals surface area contributed by atoms with Crippen molar-refractivity contribution in [2.75, 3.05) is 4.90 Å². The molecule has 8 nitrogen and oxygen atoms in total. The van der Waals surface area contributed by atoms with Gasteiger partial charge in [0, 0.05) is 16.5 Å². The summed E-state index contributed by atoms with van der Waals surface area (Å²) >= 11 is 7.22. The Kier molecular flexibility index (Phi) is 6.21. The maximum absolute atomic E-state index is 13.4. The second kappa shape index (κ2) is 9.08. The van der Waals surface area contributed by atoms with Gasteiger partial charge in [0.15, 0.2) is 0 Å². The summed E-state index contributed by atoms with van der Waals surface area (Å²) < 4.78 is 13.3. The molecule has 0 aliphatic carbocycles. The van der Waals surface area contributed by atoms with E-state index < -0.39 is 40.2 Å². The molecule has 0 saturated carbocycles. The summed E-state index contributed by atoms with van der Waals surface area (Å²) in [7, 11) is 0. The fourth-order valence-electron chi connectivity index (χ4n) is 3.57. The highest BCUT2D eigenvalue weighted by Gasteiger charge is 2.44. The van der Waals surface area contributed by atoms with Gasteiger partial charge in [0.2, 0.25) is 5.91 Å². The molecule has 3 aromatic rings. The second-order valence-corrected chi connectivity index (χ2v) is 8.64. The van der Waals surface area contributed by atoms with E-state index in [2.05, 4.69) is 0 Å². The van der Waals surface area contributed by atoms with Crippen LogP contribution < -0.4 is 4.90 Å². The predicted molar refractivity (Wildman–Crippen MR) is 120 cm³/mol. The first-order valence-electron chi connectivity index (χ1n) is 9.66. The number of carbonyl (C=O) groups excluding carboxylic acids is 3. The van der Waals surface area contributed by atoms with E-state index in [9.17, 15) is 28.9 Å². The van der Waals surface area contributed by atoms with E-state index >= 15 is 0 Å². The molecule has 1 aliphatic heterocycles. The Morgan fingerprint density at radius 2 is 1.94 bits per heavy atom. The van der Waals surface area contributed by atoms with Gasteiger partial charge in [-0.25, -0.2) is 9.29 Å². The first-order chi connectivity index (χ1) is 15.8. The zero-order valence-corrected chi connectivity index (χ0v) is 18.4. The number of imide groups is 1. The van der Waals surface area contributed by atoms with Crippen LogP contribution in [-0.2, 0) is 16.1 Å². The number of rotatable bonds is 6. The summed E-state index contributed by atoms with van der Waals surface area (Å²) in [5, 5.41) is 12.9. The Bertz CT molecular complexity index is 1250. The number of nitro benzene ring substituents is 1. The normalized spacial score (nSPS) is 15.7.